The molecule has 1 atom stereocenters. The molecule has 0 N–H and O–H groups in total. The first kappa shape index (κ1) is 16.7. The van der Waals surface area contributed by atoms with Crippen molar-refractivity contribution in [2.75, 3.05) is 11.4 Å². The molecule has 0 saturated heterocycles. The summed E-state index contributed by atoms with van der Waals surface area (Å²) in [6.07, 6.45) is 4.16. The van der Waals surface area contributed by atoms with Crippen LogP contribution in [0.2, 0.25) is 0 Å². The molecule has 1 aliphatic rings. The predicted molar refractivity (Wildman–Crippen MR) is 101 cm³/mol. The Labute approximate surface area is 155 Å². The van der Waals surface area contributed by atoms with E-state index in [4.69, 9.17) is 4.74 Å². The van der Waals surface area contributed by atoms with Gasteiger partial charge in [-0.1, -0.05) is 19.1 Å². The third-order valence-corrected chi connectivity index (χ3v) is 5.43. The Kier molecular flexibility index (Phi) is 4.38. The first-order valence-electron chi connectivity index (χ1n) is 8.49. The van der Waals surface area contributed by atoms with Gasteiger partial charge in [-0.3, -0.25) is 4.79 Å². The fourth-order valence-corrected chi connectivity index (χ4v) is 3.89. The predicted octanol–water partition coefficient (Wildman–Crippen LogP) is 3.73. The van der Waals surface area contributed by atoms with Crippen LogP contribution >= 0.6 is 11.3 Å². The number of anilines is 1. The Morgan fingerprint density at radius 3 is 2.81 bits per heavy atom. The van der Waals surface area contributed by atoms with Gasteiger partial charge in [-0.05, 0) is 31.5 Å². The van der Waals surface area contributed by atoms with E-state index in [1.54, 1.807) is 23.4 Å². The molecular formula is C19H18N4O2S. The maximum atomic E-state index is 13.3. The Balaban J connectivity index is 1.71. The smallest absolute Gasteiger partial charge is 0.270 e. The van der Waals surface area contributed by atoms with Gasteiger partial charge in [0.1, 0.15) is 16.7 Å². The molecule has 0 fully saturated rings. The Morgan fingerprint density at radius 2 is 2.04 bits per heavy atom. The van der Waals surface area contributed by atoms with Crippen molar-refractivity contribution in [1.82, 2.24) is 15.0 Å². The van der Waals surface area contributed by atoms with E-state index in [0.29, 0.717) is 27.9 Å². The normalized spacial score (nSPS) is 16.1. The summed E-state index contributed by atoms with van der Waals surface area (Å²) in [5, 5.41) is 0.653. The standard InChI is InChI=1S/C19H18N4O2S/c1-3-13-11-23(14-7-4-5-8-15(14)25-13)19(24)16-12(2)22-18(26-16)17-20-9-6-10-21-17/h4-10,13H,3,11H2,1-2H3/t13-/m0/s1. The van der Waals surface area contributed by atoms with Crippen LogP contribution < -0.4 is 9.64 Å². The van der Waals surface area contributed by atoms with Crippen LogP contribution in [0.3, 0.4) is 0 Å². The summed E-state index contributed by atoms with van der Waals surface area (Å²) in [5.74, 6) is 1.22. The largest absolute Gasteiger partial charge is 0.486 e. The number of hydrogen-bond donors (Lipinski definition) is 0. The molecule has 4 rings (SSSR count). The number of aryl methyl sites for hydroxylation is 1. The Bertz CT molecular complexity index is 942. The van der Waals surface area contributed by atoms with E-state index in [9.17, 15) is 4.79 Å². The lowest BCUT2D eigenvalue weighted by Gasteiger charge is -2.34. The van der Waals surface area contributed by atoms with Gasteiger partial charge in [-0.25, -0.2) is 15.0 Å². The summed E-state index contributed by atoms with van der Waals surface area (Å²) in [7, 11) is 0. The fourth-order valence-electron chi connectivity index (χ4n) is 2.93. The summed E-state index contributed by atoms with van der Waals surface area (Å²) < 4.78 is 5.98. The van der Waals surface area contributed by atoms with Crippen LogP contribution in [0.25, 0.3) is 10.8 Å². The molecule has 6 nitrogen and oxygen atoms in total. The second kappa shape index (κ2) is 6.84. The molecule has 0 radical (unpaired) electrons. The van der Waals surface area contributed by atoms with Crippen LogP contribution in [0.4, 0.5) is 5.69 Å². The number of carbonyl (C=O) groups excluding carboxylic acids is 1. The van der Waals surface area contributed by atoms with Crippen molar-refractivity contribution in [3.05, 3.63) is 53.3 Å². The molecule has 1 aromatic carbocycles. The number of rotatable bonds is 3. The molecule has 3 aromatic rings. The van der Waals surface area contributed by atoms with Crippen molar-refractivity contribution in [2.45, 2.75) is 26.4 Å². The van der Waals surface area contributed by atoms with Gasteiger partial charge in [0, 0.05) is 12.4 Å². The number of thiazole rings is 1. The summed E-state index contributed by atoms with van der Waals surface area (Å²) in [6, 6.07) is 9.41. The highest BCUT2D eigenvalue weighted by Gasteiger charge is 2.31. The van der Waals surface area contributed by atoms with E-state index in [-0.39, 0.29) is 12.0 Å². The van der Waals surface area contributed by atoms with Gasteiger partial charge < -0.3 is 9.64 Å². The molecule has 0 saturated carbocycles. The van der Waals surface area contributed by atoms with Gasteiger partial charge in [0.25, 0.3) is 5.91 Å². The maximum Gasteiger partial charge on any atom is 0.270 e. The molecule has 26 heavy (non-hydrogen) atoms. The average molecular weight is 366 g/mol. The number of benzene rings is 1. The highest BCUT2D eigenvalue weighted by Crippen LogP contribution is 2.36. The molecule has 1 amide bonds. The molecule has 3 heterocycles. The van der Waals surface area contributed by atoms with Crippen molar-refractivity contribution in [1.29, 1.82) is 0 Å². The summed E-state index contributed by atoms with van der Waals surface area (Å²) in [6.45, 7) is 4.44. The molecule has 0 spiro atoms. The molecular weight excluding hydrogens is 348 g/mol. The SMILES string of the molecule is CC[C@H]1CN(C(=O)c2sc(-c3ncccn3)nc2C)c2ccccc2O1. The van der Waals surface area contributed by atoms with Gasteiger partial charge in [0.15, 0.2) is 10.8 Å². The van der Waals surface area contributed by atoms with Crippen molar-refractivity contribution in [3.63, 3.8) is 0 Å². The first-order chi connectivity index (χ1) is 12.7. The number of amides is 1. The van der Waals surface area contributed by atoms with Crippen LogP contribution in [0.1, 0.15) is 28.7 Å². The molecule has 7 heteroatoms. The maximum absolute atomic E-state index is 13.3. The molecule has 0 unspecified atom stereocenters. The lowest BCUT2D eigenvalue weighted by molar-refractivity contribution is 0.0957. The molecule has 0 bridgehead atoms. The van der Waals surface area contributed by atoms with E-state index < -0.39 is 0 Å². The minimum atomic E-state index is -0.0589. The van der Waals surface area contributed by atoms with E-state index in [1.165, 1.54) is 11.3 Å². The van der Waals surface area contributed by atoms with E-state index in [2.05, 4.69) is 21.9 Å². The van der Waals surface area contributed by atoms with Crippen LogP contribution in [0, 0.1) is 6.92 Å². The second-order valence-electron chi connectivity index (χ2n) is 6.04. The van der Waals surface area contributed by atoms with Gasteiger partial charge in [-0.15, -0.1) is 11.3 Å². The monoisotopic (exact) mass is 366 g/mol. The van der Waals surface area contributed by atoms with Crippen LogP contribution in [-0.4, -0.2) is 33.5 Å². The van der Waals surface area contributed by atoms with E-state index in [0.717, 1.165) is 17.9 Å². The summed E-state index contributed by atoms with van der Waals surface area (Å²) in [4.78, 5) is 28.7. The van der Waals surface area contributed by atoms with Crippen molar-refractivity contribution in [2.24, 2.45) is 0 Å². The number of para-hydroxylation sites is 2. The zero-order valence-electron chi connectivity index (χ0n) is 14.5. The van der Waals surface area contributed by atoms with E-state index >= 15 is 0 Å². The zero-order valence-corrected chi connectivity index (χ0v) is 15.4. The van der Waals surface area contributed by atoms with Gasteiger partial charge in [0.05, 0.1) is 17.9 Å². The second-order valence-corrected chi connectivity index (χ2v) is 7.04. The number of ether oxygens (including phenoxy) is 1. The van der Waals surface area contributed by atoms with Crippen molar-refractivity contribution < 1.29 is 9.53 Å². The lowest BCUT2D eigenvalue weighted by atomic mass is 10.1. The highest BCUT2D eigenvalue weighted by molar-refractivity contribution is 7.17. The van der Waals surface area contributed by atoms with Gasteiger partial charge in [0.2, 0.25) is 0 Å². The topological polar surface area (TPSA) is 68.2 Å². The van der Waals surface area contributed by atoms with Gasteiger partial charge >= 0.3 is 0 Å². The highest BCUT2D eigenvalue weighted by atomic mass is 32.1. The summed E-state index contributed by atoms with van der Waals surface area (Å²) in [5.41, 5.74) is 1.49. The summed E-state index contributed by atoms with van der Waals surface area (Å²) >= 11 is 1.33. The van der Waals surface area contributed by atoms with E-state index in [1.807, 2.05) is 31.2 Å². The lowest BCUT2D eigenvalue weighted by Crippen LogP contribution is -2.43. The zero-order chi connectivity index (χ0) is 18.1. The molecule has 2 aromatic heterocycles. The average Bonchev–Trinajstić information content (AvgIpc) is 3.09. The number of aromatic nitrogens is 3. The van der Waals surface area contributed by atoms with Crippen molar-refractivity contribution >= 4 is 22.9 Å². The number of fused-ring (bicyclic) bond motifs is 1. The Morgan fingerprint density at radius 1 is 1.27 bits per heavy atom. The van der Waals surface area contributed by atoms with Crippen LogP contribution in [0.15, 0.2) is 42.7 Å². The third-order valence-electron chi connectivity index (χ3n) is 4.28. The molecule has 1 aliphatic heterocycles. The number of nitrogens with zero attached hydrogens (tertiary/aromatic N) is 4. The number of carbonyl (C=O) groups is 1. The fraction of sp³-hybridized carbons (Fsp3) is 0.263. The first-order valence-corrected chi connectivity index (χ1v) is 9.31. The molecule has 132 valence electrons. The quantitative estimate of drug-likeness (QED) is 0.706. The minimum Gasteiger partial charge on any atom is -0.486 e. The van der Waals surface area contributed by atoms with Crippen molar-refractivity contribution in [3.8, 4) is 16.6 Å². The Hall–Kier alpha value is -2.80. The minimum absolute atomic E-state index is 0.0148. The molecule has 0 aliphatic carbocycles. The third kappa shape index (κ3) is 2.94. The van der Waals surface area contributed by atoms with Crippen LogP contribution in [0.5, 0.6) is 5.75 Å². The van der Waals surface area contributed by atoms with Crippen LogP contribution in [-0.2, 0) is 0 Å². The van der Waals surface area contributed by atoms with Gasteiger partial charge in [-0.2, -0.15) is 0 Å². The number of hydrogen-bond acceptors (Lipinski definition) is 6.